The molecule has 0 unspecified atom stereocenters. The number of benzene rings is 9. The Labute approximate surface area is 345 Å². The molecule has 0 aromatic heterocycles. The summed E-state index contributed by atoms with van der Waals surface area (Å²) in [5.74, 6) is 0.923. The zero-order valence-electron chi connectivity index (χ0n) is 33.2. The van der Waals surface area contributed by atoms with Crippen LogP contribution in [0.3, 0.4) is 0 Å². The maximum Gasteiger partial charge on any atom is 0.143 e. The lowest BCUT2D eigenvalue weighted by Gasteiger charge is -2.31. The van der Waals surface area contributed by atoms with Crippen LogP contribution >= 0.6 is 0 Å². The Bertz CT molecular complexity index is 3130. The number of fused-ring (bicyclic) bond motifs is 8. The Morgan fingerprint density at radius 3 is 2.05 bits per heavy atom. The van der Waals surface area contributed by atoms with Gasteiger partial charge in [0, 0.05) is 40.0 Å². The van der Waals surface area contributed by atoms with Gasteiger partial charge in [-0.3, -0.25) is 0 Å². The minimum Gasteiger partial charge on any atom is -0.491 e. The first-order valence-electron chi connectivity index (χ1n) is 20.9. The minimum atomic E-state index is -0.239. The quantitative estimate of drug-likeness (QED) is 0.174. The summed E-state index contributed by atoms with van der Waals surface area (Å²) in [6.45, 7) is 6.34. The second-order valence-electron chi connectivity index (χ2n) is 16.7. The summed E-state index contributed by atoms with van der Waals surface area (Å²) in [5.41, 5.74) is 18.3. The second kappa shape index (κ2) is 13.0. The van der Waals surface area contributed by atoms with Gasteiger partial charge in [0.1, 0.15) is 5.75 Å². The lowest BCUT2D eigenvalue weighted by atomic mass is 9.81. The van der Waals surface area contributed by atoms with E-state index >= 15 is 0 Å². The molecule has 282 valence electrons. The molecule has 0 atom stereocenters. The van der Waals surface area contributed by atoms with Gasteiger partial charge in [0.15, 0.2) is 0 Å². The number of ether oxygens (including phenoxy) is 1. The van der Waals surface area contributed by atoms with E-state index in [4.69, 9.17) is 4.74 Å². The van der Waals surface area contributed by atoms with Crippen molar-refractivity contribution in [1.29, 1.82) is 0 Å². The Morgan fingerprint density at radius 1 is 0.508 bits per heavy atom. The normalized spacial score (nSPS) is 14.3. The summed E-state index contributed by atoms with van der Waals surface area (Å²) in [4.78, 5) is 5.00. The number of rotatable bonds is 5. The van der Waals surface area contributed by atoms with Crippen LogP contribution in [0.25, 0.3) is 66.1 Å². The number of anilines is 5. The van der Waals surface area contributed by atoms with Gasteiger partial charge < -0.3 is 14.5 Å². The van der Waals surface area contributed by atoms with Crippen LogP contribution in [0.5, 0.6) is 5.75 Å². The molecule has 3 nitrogen and oxygen atoms in total. The lowest BCUT2D eigenvalue weighted by Crippen LogP contribution is -2.19. The molecule has 0 amide bonds. The Morgan fingerprint density at radius 2 is 1.20 bits per heavy atom. The van der Waals surface area contributed by atoms with Crippen LogP contribution < -0.4 is 14.5 Å². The standard InChI is InChI=1S/C56H42N2O/c1-56(2)49-25-11-10-21-46(49)54-48(45-23-13-26-52-55(45)57(31-14-32-59-52)38-17-4-3-5-18-38)34-40(35-50(54)56)58(39-28-27-36-15-6-7-16-37(36)33-39)51-30-29-44-42-20-9-8-19-41(42)43-22-12-24-47(51)53(43)44/h3-13,15-30,33-35H,14,31-32H2,1-2H3. The molecule has 0 bridgehead atoms. The average molecular weight is 759 g/mol. The Balaban J connectivity index is 1.18. The first kappa shape index (κ1) is 34.0. The Kier molecular flexibility index (Phi) is 7.46. The highest BCUT2D eigenvalue weighted by Crippen LogP contribution is 2.58. The molecular weight excluding hydrogens is 717 g/mol. The molecule has 0 saturated carbocycles. The second-order valence-corrected chi connectivity index (χ2v) is 16.7. The van der Waals surface area contributed by atoms with Crippen molar-refractivity contribution in [3.63, 3.8) is 0 Å². The van der Waals surface area contributed by atoms with Crippen LogP contribution in [0.4, 0.5) is 28.4 Å². The number of nitrogens with zero attached hydrogens (tertiary/aromatic N) is 2. The fourth-order valence-electron chi connectivity index (χ4n) is 10.4. The molecule has 1 heterocycles. The summed E-state index contributed by atoms with van der Waals surface area (Å²) in [6, 6.07) is 67.5. The van der Waals surface area contributed by atoms with Gasteiger partial charge in [0.25, 0.3) is 0 Å². The molecule has 0 radical (unpaired) electrons. The van der Waals surface area contributed by atoms with Gasteiger partial charge in [-0.05, 0) is 121 Å². The molecule has 2 aliphatic carbocycles. The monoisotopic (exact) mass is 758 g/mol. The summed E-state index contributed by atoms with van der Waals surface area (Å²) in [6.07, 6.45) is 0.932. The van der Waals surface area contributed by atoms with Crippen LogP contribution in [-0.4, -0.2) is 13.2 Å². The van der Waals surface area contributed by atoms with E-state index in [-0.39, 0.29) is 5.41 Å². The van der Waals surface area contributed by atoms with E-state index in [1.54, 1.807) is 0 Å². The molecule has 0 N–H and O–H groups in total. The minimum absolute atomic E-state index is 0.239. The molecular formula is C56H42N2O. The third kappa shape index (κ3) is 5.07. The van der Waals surface area contributed by atoms with Crippen molar-refractivity contribution in [3.8, 4) is 50.3 Å². The largest absolute Gasteiger partial charge is 0.491 e. The van der Waals surface area contributed by atoms with E-state index in [9.17, 15) is 0 Å². The van der Waals surface area contributed by atoms with E-state index in [0.717, 1.165) is 41.5 Å². The summed E-state index contributed by atoms with van der Waals surface area (Å²) in [7, 11) is 0. The van der Waals surface area contributed by atoms with Crippen molar-refractivity contribution in [2.45, 2.75) is 25.7 Å². The third-order valence-electron chi connectivity index (χ3n) is 13.1. The number of hydrogen-bond acceptors (Lipinski definition) is 3. The summed E-state index contributed by atoms with van der Waals surface area (Å²) >= 11 is 0. The van der Waals surface area contributed by atoms with Crippen LogP contribution in [0, 0.1) is 0 Å². The maximum absolute atomic E-state index is 6.60. The van der Waals surface area contributed by atoms with Crippen molar-refractivity contribution < 1.29 is 4.74 Å². The molecule has 3 aliphatic rings. The topological polar surface area (TPSA) is 15.7 Å². The van der Waals surface area contributed by atoms with Crippen molar-refractivity contribution in [2.75, 3.05) is 23.0 Å². The molecule has 3 heteroatoms. The summed E-state index contributed by atoms with van der Waals surface area (Å²) < 4.78 is 6.60. The van der Waals surface area contributed by atoms with Gasteiger partial charge in [-0.25, -0.2) is 0 Å². The average Bonchev–Trinajstić information content (AvgIpc) is 3.61. The fraction of sp³-hybridized carbons (Fsp3) is 0.107. The van der Waals surface area contributed by atoms with Gasteiger partial charge in [-0.15, -0.1) is 0 Å². The number of para-hydroxylation sites is 2. The van der Waals surface area contributed by atoms with Gasteiger partial charge in [0.05, 0.1) is 18.0 Å². The first-order chi connectivity index (χ1) is 29.0. The first-order valence-corrected chi connectivity index (χ1v) is 20.9. The molecule has 12 rings (SSSR count). The molecule has 1 aliphatic heterocycles. The van der Waals surface area contributed by atoms with Crippen molar-refractivity contribution in [3.05, 3.63) is 193 Å². The van der Waals surface area contributed by atoms with E-state index in [1.165, 1.54) is 82.9 Å². The van der Waals surface area contributed by atoms with Gasteiger partial charge in [0.2, 0.25) is 0 Å². The maximum atomic E-state index is 6.60. The smallest absolute Gasteiger partial charge is 0.143 e. The Hall–Kier alpha value is -7.10. The van der Waals surface area contributed by atoms with Crippen LogP contribution in [0.15, 0.2) is 182 Å². The molecule has 9 aromatic carbocycles. The van der Waals surface area contributed by atoms with E-state index in [2.05, 4.69) is 206 Å². The predicted molar refractivity (Wildman–Crippen MR) is 247 cm³/mol. The third-order valence-corrected chi connectivity index (χ3v) is 13.1. The van der Waals surface area contributed by atoms with Crippen molar-refractivity contribution >= 4 is 50.0 Å². The SMILES string of the molecule is CC1(C)c2ccccc2-c2c(-c3cccc4c3N(c3ccccc3)CCCO4)cc(N(c3ccc4ccccc4c3)c3ccc4c5c(cccc35)-c3ccccc3-4)cc21. The van der Waals surface area contributed by atoms with Crippen LogP contribution in [0.2, 0.25) is 0 Å². The zero-order valence-corrected chi connectivity index (χ0v) is 33.2. The molecule has 0 spiro atoms. The highest BCUT2D eigenvalue weighted by atomic mass is 16.5. The zero-order chi connectivity index (χ0) is 39.2. The highest BCUT2D eigenvalue weighted by molar-refractivity contribution is 6.19. The van der Waals surface area contributed by atoms with Gasteiger partial charge in [-0.2, -0.15) is 0 Å². The summed E-state index contributed by atoms with van der Waals surface area (Å²) in [5, 5.41) is 5.00. The van der Waals surface area contributed by atoms with Gasteiger partial charge >= 0.3 is 0 Å². The molecule has 59 heavy (non-hydrogen) atoms. The number of hydrogen-bond donors (Lipinski definition) is 0. The molecule has 0 saturated heterocycles. The molecule has 9 aromatic rings. The van der Waals surface area contributed by atoms with Crippen LogP contribution in [-0.2, 0) is 5.41 Å². The predicted octanol–water partition coefficient (Wildman–Crippen LogP) is 15.0. The lowest BCUT2D eigenvalue weighted by molar-refractivity contribution is 0.322. The highest BCUT2D eigenvalue weighted by Gasteiger charge is 2.39. The van der Waals surface area contributed by atoms with Gasteiger partial charge in [-0.1, -0.05) is 147 Å². The molecule has 0 fully saturated rings. The van der Waals surface area contributed by atoms with Crippen molar-refractivity contribution in [2.24, 2.45) is 0 Å². The fourth-order valence-corrected chi connectivity index (χ4v) is 10.4. The van der Waals surface area contributed by atoms with E-state index < -0.39 is 0 Å². The van der Waals surface area contributed by atoms with E-state index in [0.29, 0.717) is 6.61 Å². The van der Waals surface area contributed by atoms with E-state index in [1.807, 2.05) is 0 Å². The van der Waals surface area contributed by atoms with Crippen molar-refractivity contribution in [1.82, 2.24) is 0 Å². The van der Waals surface area contributed by atoms with Crippen LogP contribution in [0.1, 0.15) is 31.4 Å².